The van der Waals surface area contributed by atoms with Gasteiger partial charge < -0.3 is 10.2 Å². The molecule has 26 heavy (non-hydrogen) atoms. The fraction of sp³-hybridized carbons (Fsp3) is 0.682. The number of anilines is 1. The summed E-state index contributed by atoms with van der Waals surface area (Å²) in [6.45, 7) is 11.4. The van der Waals surface area contributed by atoms with E-state index in [0.29, 0.717) is 12.5 Å². The molecule has 142 valence electrons. The third-order valence-electron chi connectivity index (χ3n) is 7.87. The van der Waals surface area contributed by atoms with Crippen LogP contribution in [0.3, 0.4) is 0 Å². The van der Waals surface area contributed by atoms with Crippen molar-refractivity contribution in [3.05, 3.63) is 30.3 Å². The van der Waals surface area contributed by atoms with Crippen molar-refractivity contribution in [2.45, 2.75) is 45.6 Å². The van der Waals surface area contributed by atoms with E-state index in [1.165, 1.54) is 24.9 Å². The van der Waals surface area contributed by atoms with Crippen LogP contribution in [0.1, 0.15) is 40.0 Å². The topological polar surface area (TPSA) is 35.6 Å². The number of carbonyl (C=O) groups is 1. The third kappa shape index (κ3) is 2.92. The fourth-order valence-electron chi connectivity index (χ4n) is 5.71. The summed E-state index contributed by atoms with van der Waals surface area (Å²) < 4.78 is 0. The molecule has 1 aromatic carbocycles. The zero-order valence-electron chi connectivity index (χ0n) is 16.5. The number of piperazine rings is 1. The minimum Gasteiger partial charge on any atom is -0.369 e. The number of amides is 1. The van der Waals surface area contributed by atoms with E-state index in [1.807, 2.05) is 0 Å². The van der Waals surface area contributed by atoms with Crippen molar-refractivity contribution in [1.29, 1.82) is 0 Å². The lowest BCUT2D eigenvalue weighted by molar-refractivity contribution is -0.126. The molecule has 4 rings (SSSR count). The number of benzene rings is 1. The Balaban J connectivity index is 1.31. The lowest BCUT2D eigenvalue weighted by Gasteiger charge is -2.48. The van der Waals surface area contributed by atoms with Crippen LogP contribution in [-0.4, -0.2) is 49.1 Å². The van der Waals surface area contributed by atoms with E-state index in [-0.39, 0.29) is 16.9 Å². The molecule has 1 heterocycles. The second-order valence-electron chi connectivity index (χ2n) is 9.28. The molecule has 3 atom stereocenters. The third-order valence-corrected chi connectivity index (χ3v) is 7.87. The number of rotatable bonds is 4. The first-order valence-electron chi connectivity index (χ1n) is 10.2. The Morgan fingerprint density at radius 3 is 2.31 bits per heavy atom. The molecule has 0 spiro atoms. The first-order chi connectivity index (χ1) is 12.4. The number of hydrogen-bond donors (Lipinski definition) is 1. The number of hydrogen-bond acceptors (Lipinski definition) is 3. The van der Waals surface area contributed by atoms with Crippen molar-refractivity contribution in [2.24, 2.45) is 17.3 Å². The molecule has 2 bridgehead atoms. The van der Waals surface area contributed by atoms with Crippen LogP contribution in [0.25, 0.3) is 0 Å². The maximum atomic E-state index is 12.8. The SMILES string of the molecule is CC1(C)[C@H]2CC[C@@H](C2)[C@]1(C)NC(=O)CN1CCN(c2ccccc2)CC1. The van der Waals surface area contributed by atoms with Gasteiger partial charge >= 0.3 is 0 Å². The number of para-hydroxylation sites is 1. The summed E-state index contributed by atoms with van der Waals surface area (Å²) in [6.07, 6.45) is 3.91. The van der Waals surface area contributed by atoms with E-state index in [1.54, 1.807) is 0 Å². The highest BCUT2D eigenvalue weighted by atomic mass is 16.2. The Hall–Kier alpha value is -1.55. The van der Waals surface area contributed by atoms with Crippen LogP contribution in [-0.2, 0) is 4.79 Å². The highest BCUT2D eigenvalue weighted by molar-refractivity contribution is 5.79. The van der Waals surface area contributed by atoms with Crippen molar-refractivity contribution in [1.82, 2.24) is 10.2 Å². The lowest BCUT2D eigenvalue weighted by Crippen LogP contribution is -2.61. The lowest BCUT2D eigenvalue weighted by atomic mass is 9.64. The highest BCUT2D eigenvalue weighted by Gasteiger charge is 2.60. The van der Waals surface area contributed by atoms with E-state index in [9.17, 15) is 4.79 Å². The van der Waals surface area contributed by atoms with Gasteiger partial charge in [-0.2, -0.15) is 0 Å². The number of nitrogens with one attached hydrogen (secondary N) is 1. The van der Waals surface area contributed by atoms with E-state index in [2.05, 4.69) is 66.2 Å². The molecule has 3 aliphatic rings. The van der Waals surface area contributed by atoms with Gasteiger partial charge in [-0.05, 0) is 55.6 Å². The molecule has 1 N–H and O–H groups in total. The van der Waals surface area contributed by atoms with Crippen molar-refractivity contribution < 1.29 is 4.79 Å². The Morgan fingerprint density at radius 2 is 1.69 bits per heavy atom. The predicted octanol–water partition coefficient (Wildman–Crippen LogP) is 3.14. The summed E-state index contributed by atoms with van der Waals surface area (Å²) in [6, 6.07) is 10.6. The molecule has 1 aliphatic heterocycles. The largest absolute Gasteiger partial charge is 0.369 e. The highest BCUT2D eigenvalue weighted by Crippen LogP contribution is 2.61. The second kappa shape index (κ2) is 6.56. The average Bonchev–Trinajstić information content (AvgIpc) is 3.19. The van der Waals surface area contributed by atoms with E-state index in [4.69, 9.17) is 0 Å². The van der Waals surface area contributed by atoms with Gasteiger partial charge in [-0.1, -0.05) is 32.0 Å². The molecule has 1 amide bonds. The first kappa shape index (κ1) is 17.8. The van der Waals surface area contributed by atoms with Gasteiger partial charge in [-0.3, -0.25) is 9.69 Å². The first-order valence-corrected chi connectivity index (χ1v) is 10.2. The van der Waals surface area contributed by atoms with Crippen LogP contribution in [0, 0.1) is 17.3 Å². The number of carbonyl (C=O) groups excluding carboxylic acids is 1. The molecule has 4 heteroatoms. The van der Waals surface area contributed by atoms with Crippen molar-refractivity contribution in [2.75, 3.05) is 37.6 Å². The van der Waals surface area contributed by atoms with Gasteiger partial charge in [0.15, 0.2) is 0 Å². The molecule has 0 radical (unpaired) electrons. The maximum absolute atomic E-state index is 12.8. The van der Waals surface area contributed by atoms with Crippen LogP contribution in [0.15, 0.2) is 30.3 Å². The van der Waals surface area contributed by atoms with Crippen molar-refractivity contribution in [3.63, 3.8) is 0 Å². The van der Waals surface area contributed by atoms with Gasteiger partial charge in [0.1, 0.15) is 0 Å². The number of fused-ring (bicyclic) bond motifs is 2. The molecule has 0 unspecified atom stereocenters. The summed E-state index contributed by atoms with van der Waals surface area (Å²) in [5, 5.41) is 3.47. The standard InChI is InChI=1S/C22H33N3O/c1-21(2)17-9-10-18(15-17)22(21,3)23-20(26)16-24-11-13-25(14-12-24)19-7-5-4-6-8-19/h4-8,17-18H,9-16H2,1-3H3,(H,23,26)/t17-,18-,22-/m0/s1. The van der Waals surface area contributed by atoms with Crippen LogP contribution in [0.5, 0.6) is 0 Å². The molecule has 2 saturated carbocycles. The van der Waals surface area contributed by atoms with Crippen molar-refractivity contribution >= 4 is 11.6 Å². The van der Waals surface area contributed by atoms with Crippen LogP contribution in [0.2, 0.25) is 0 Å². The Kier molecular flexibility index (Phi) is 4.50. The van der Waals surface area contributed by atoms with Gasteiger partial charge in [-0.15, -0.1) is 0 Å². The summed E-state index contributed by atoms with van der Waals surface area (Å²) in [7, 11) is 0. The molecule has 2 aliphatic carbocycles. The van der Waals surface area contributed by atoms with E-state index in [0.717, 1.165) is 32.1 Å². The average molecular weight is 356 g/mol. The zero-order chi connectivity index (χ0) is 18.4. The molecule has 1 aromatic rings. The monoisotopic (exact) mass is 355 g/mol. The second-order valence-corrected chi connectivity index (χ2v) is 9.28. The molecule has 1 saturated heterocycles. The Morgan fingerprint density at radius 1 is 1.04 bits per heavy atom. The number of nitrogens with zero attached hydrogens (tertiary/aromatic N) is 2. The van der Waals surface area contributed by atoms with Gasteiger partial charge in [0.25, 0.3) is 0 Å². The summed E-state index contributed by atoms with van der Waals surface area (Å²) in [5.41, 5.74) is 1.45. The Bertz CT molecular complexity index is 651. The summed E-state index contributed by atoms with van der Waals surface area (Å²) in [4.78, 5) is 17.5. The molecule has 4 nitrogen and oxygen atoms in total. The van der Waals surface area contributed by atoms with Crippen LogP contribution >= 0.6 is 0 Å². The zero-order valence-corrected chi connectivity index (χ0v) is 16.5. The minimum absolute atomic E-state index is 0.0428. The van der Waals surface area contributed by atoms with Gasteiger partial charge in [-0.25, -0.2) is 0 Å². The van der Waals surface area contributed by atoms with Crippen LogP contribution in [0.4, 0.5) is 5.69 Å². The predicted molar refractivity (Wildman–Crippen MR) is 106 cm³/mol. The molecular weight excluding hydrogens is 322 g/mol. The van der Waals surface area contributed by atoms with Crippen molar-refractivity contribution in [3.8, 4) is 0 Å². The normalized spacial score (nSPS) is 33.4. The Labute approximate surface area is 157 Å². The van der Waals surface area contributed by atoms with E-state index < -0.39 is 0 Å². The molecule has 3 fully saturated rings. The van der Waals surface area contributed by atoms with Crippen LogP contribution < -0.4 is 10.2 Å². The maximum Gasteiger partial charge on any atom is 0.234 e. The quantitative estimate of drug-likeness (QED) is 0.901. The molecule has 0 aromatic heterocycles. The fourth-order valence-corrected chi connectivity index (χ4v) is 5.71. The minimum atomic E-state index is -0.0428. The summed E-state index contributed by atoms with van der Waals surface area (Å²) >= 11 is 0. The molecular formula is C22H33N3O. The van der Waals surface area contributed by atoms with Gasteiger partial charge in [0.05, 0.1) is 6.54 Å². The smallest absolute Gasteiger partial charge is 0.234 e. The summed E-state index contributed by atoms with van der Waals surface area (Å²) in [5.74, 6) is 1.63. The van der Waals surface area contributed by atoms with E-state index >= 15 is 0 Å². The van der Waals surface area contributed by atoms with Gasteiger partial charge in [0, 0.05) is 37.4 Å². The van der Waals surface area contributed by atoms with Gasteiger partial charge in [0.2, 0.25) is 5.91 Å².